The minimum atomic E-state index is 0.0755. The summed E-state index contributed by atoms with van der Waals surface area (Å²) in [7, 11) is 0. The van der Waals surface area contributed by atoms with Gasteiger partial charge < -0.3 is 14.2 Å². The molecular formula is C23H29N3O3. The molecule has 0 bridgehead atoms. The SMILES string of the molecule is Cc1ccc(CN(C(=O)CN2CCCN(C(=O)c3ccccc3)CC2)C2CC2)o1. The highest BCUT2D eigenvalue weighted by Gasteiger charge is 2.34. The van der Waals surface area contributed by atoms with E-state index in [4.69, 9.17) is 4.42 Å². The summed E-state index contributed by atoms with van der Waals surface area (Å²) in [6.07, 6.45) is 3.03. The first-order valence-electron chi connectivity index (χ1n) is 10.5. The highest BCUT2D eigenvalue weighted by Crippen LogP contribution is 2.29. The average Bonchev–Trinajstić information content (AvgIpc) is 3.52. The lowest BCUT2D eigenvalue weighted by atomic mass is 10.2. The van der Waals surface area contributed by atoms with Crippen LogP contribution >= 0.6 is 0 Å². The van der Waals surface area contributed by atoms with Crippen LogP contribution in [0, 0.1) is 6.92 Å². The normalized spacial score (nSPS) is 17.8. The zero-order chi connectivity index (χ0) is 20.2. The van der Waals surface area contributed by atoms with Gasteiger partial charge in [0.15, 0.2) is 0 Å². The number of furan rings is 1. The fourth-order valence-electron chi connectivity index (χ4n) is 3.92. The molecule has 1 aliphatic carbocycles. The Morgan fingerprint density at radius 1 is 1.03 bits per heavy atom. The van der Waals surface area contributed by atoms with E-state index >= 15 is 0 Å². The highest BCUT2D eigenvalue weighted by molar-refractivity contribution is 5.94. The molecule has 0 radical (unpaired) electrons. The van der Waals surface area contributed by atoms with Crippen LogP contribution in [0.4, 0.5) is 0 Å². The zero-order valence-electron chi connectivity index (χ0n) is 17.0. The molecule has 1 aromatic heterocycles. The fourth-order valence-corrected chi connectivity index (χ4v) is 3.92. The van der Waals surface area contributed by atoms with Crippen molar-refractivity contribution in [3.63, 3.8) is 0 Å². The summed E-state index contributed by atoms with van der Waals surface area (Å²) in [4.78, 5) is 31.8. The Kier molecular flexibility index (Phi) is 6.00. The van der Waals surface area contributed by atoms with Crippen LogP contribution in [0.3, 0.4) is 0 Å². The molecule has 2 aromatic rings. The van der Waals surface area contributed by atoms with E-state index in [0.717, 1.165) is 56.0 Å². The van der Waals surface area contributed by atoms with Crippen molar-refractivity contribution in [1.82, 2.24) is 14.7 Å². The molecule has 0 spiro atoms. The van der Waals surface area contributed by atoms with Gasteiger partial charge in [-0.05, 0) is 50.5 Å². The van der Waals surface area contributed by atoms with Crippen LogP contribution in [0.5, 0.6) is 0 Å². The van der Waals surface area contributed by atoms with Gasteiger partial charge in [-0.25, -0.2) is 0 Å². The first-order chi connectivity index (χ1) is 14.1. The predicted octanol–water partition coefficient (Wildman–Crippen LogP) is 2.93. The van der Waals surface area contributed by atoms with Crippen LogP contribution < -0.4 is 0 Å². The first kappa shape index (κ1) is 19.7. The van der Waals surface area contributed by atoms with Gasteiger partial charge in [-0.15, -0.1) is 0 Å². The lowest BCUT2D eigenvalue weighted by Crippen LogP contribution is -2.42. The van der Waals surface area contributed by atoms with Crippen molar-refractivity contribution in [2.24, 2.45) is 0 Å². The van der Waals surface area contributed by atoms with Crippen LogP contribution in [0.1, 0.15) is 41.1 Å². The van der Waals surface area contributed by atoms with Crippen molar-refractivity contribution in [3.8, 4) is 0 Å². The number of hydrogen-bond donors (Lipinski definition) is 0. The van der Waals surface area contributed by atoms with Gasteiger partial charge in [0.05, 0.1) is 13.1 Å². The maximum absolute atomic E-state index is 13.0. The number of hydrogen-bond acceptors (Lipinski definition) is 4. The molecule has 0 N–H and O–H groups in total. The van der Waals surface area contributed by atoms with Crippen molar-refractivity contribution in [2.45, 2.75) is 38.8 Å². The lowest BCUT2D eigenvalue weighted by molar-refractivity contribution is -0.133. The van der Waals surface area contributed by atoms with E-state index in [0.29, 0.717) is 25.7 Å². The molecule has 6 nitrogen and oxygen atoms in total. The topological polar surface area (TPSA) is 57.0 Å². The Labute approximate surface area is 172 Å². The number of rotatable bonds is 6. The first-order valence-corrected chi connectivity index (χ1v) is 10.5. The molecule has 1 aromatic carbocycles. The summed E-state index contributed by atoms with van der Waals surface area (Å²) in [6, 6.07) is 13.7. The van der Waals surface area contributed by atoms with E-state index in [9.17, 15) is 9.59 Å². The minimum Gasteiger partial charge on any atom is -0.464 e. The predicted molar refractivity (Wildman–Crippen MR) is 110 cm³/mol. The van der Waals surface area contributed by atoms with Crippen LogP contribution in [-0.2, 0) is 11.3 Å². The molecule has 4 rings (SSSR count). The molecule has 6 heteroatoms. The van der Waals surface area contributed by atoms with Crippen LogP contribution in [0.15, 0.2) is 46.9 Å². The summed E-state index contributed by atoms with van der Waals surface area (Å²) in [5.74, 6) is 1.95. The number of benzene rings is 1. The van der Waals surface area contributed by atoms with Gasteiger partial charge in [0.1, 0.15) is 11.5 Å². The van der Waals surface area contributed by atoms with Gasteiger partial charge in [0.25, 0.3) is 5.91 Å². The van der Waals surface area contributed by atoms with Crippen molar-refractivity contribution in [3.05, 3.63) is 59.5 Å². The Morgan fingerprint density at radius 3 is 2.52 bits per heavy atom. The zero-order valence-corrected chi connectivity index (χ0v) is 17.0. The third-order valence-corrected chi connectivity index (χ3v) is 5.69. The second-order valence-electron chi connectivity index (χ2n) is 8.05. The number of amides is 2. The smallest absolute Gasteiger partial charge is 0.253 e. The van der Waals surface area contributed by atoms with Crippen LogP contribution in [0.2, 0.25) is 0 Å². The summed E-state index contributed by atoms with van der Waals surface area (Å²) in [5.41, 5.74) is 0.727. The largest absolute Gasteiger partial charge is 0.464 e. The second-order valence-corrected chi connectivity index (χ2v) is 8.05. The van der Waals surface area contributed by atoms with E-state index in [1.807, 2.05) is 59.2 Å². The molecule has 0 atom stereocenters. The fraction of sp³-hybridized carbons (Fsp3) is 0.478. The lowest BCUT2D eigenvalue weighted by Gasteiger charge is -2.26. The van der Waals surface area contributed by atoms with Gasteiger partial charge in [-0.3, -0.25) is 14.5 Å². The molecule has 1 saturated heterocycles. The number of carbonyl (C=O) groups excluding carboxylic acids is 2. The molecule has 1 aliphatic heterocycles. The molecule has 2 amide bonds. The number of aryl methyl sites for hydroxylation is 1. The summed E-state index contributed by atoms with van der Waals surface area (Å²) in [5, 5.41) is 0. The number of carbonyl (C=O) groups is 2. The Hall–Kier alpha value is -2.60. The van der Waals surface area contributed by atoms with Crippen LogP contribution in [0.25, 0.3) is 0 Å². The molecule has 0 unspecified atom stereocenters. The summed E-state index contributed by atoms with van der Waals surface area (Å²) < 4.78 is 5.68. The van der Waals surface area contributed by atoms with E-state index < -0.39 is 0 Å². The molecule has 154 valence electrons. The van der Waals surface area contributed by atoms with E-state index in [-0.39, 0.29) is 11.8 Å². The van der Waals surface area contributed by atoms with E-state index in [1.165, 1.54) is 0 Å². The molecule has 2 heterocycles. The minimum absolute atomic E-state index is 0.0755. The molecule has 2 fully saturated rings. The van der Waals surface area contributed by atoms with Gasteiger partial charge >= 0.3 is 0 Å². The van der Waals surface area contributed by atoms with Crippen molar-refractivity contribution < 1.29 is 14.0 Å². The molecule has 2 aliphatic rings. The maximum Gasteiger partial charge on any atom is 0.253 e. The van der Waals surface area contributed by atoms with Gasteiger partial charge in [-0.1, -0.05) is 18.2 Å². The standard InChI is InChI=1S/C23H29N3O3/c1-18-8-11-21(29-18)16-26(20-9-10-20)22(27)17-24-12-5-13-25(15-14-24)23(28)19-6-3-2-4-7-19/h2-4,6-8,11,20H,5,9-10,12-17H2,1H3. The van der Waals surface area contributed by atoms with Crippen molar-refractivity contribution in [1.29, 1.82) is 0 Å². The summed E-state index contributed by atoms with van der Waals surface area (Å²) >= 11 is 0. The second kappa shape index (κ2) is 8.82. The summed E-state index contributed by atoms with van der Waals surface area (Å²) in [6.45, 7) is 5.82. The Morgan fingerprint density at radius 2 is 1.83 bits per heavy atom. The van der Waals surface area contributed by atoms with Gasteiger partial charge in [0, 0.05) is 37.8 Å². The van der Waals surface area contributed by atoms with Crippen molar-refractivity contribution in [2.75, 3.05) is 32.7 Å². The third-order valence-electron chi connectivity index (χ3n) is 5.69. The van der Waals surface area contributed by atoms with Gasteiger partial charge in [-0.2, -0.15) is 0 Å². The molecule has 1 saturated carbocycles. The molecular weight excluding hydrogens is 366 g/mol. The molecule has 29 heavy (non-hydrogen) atoms. The number of nitrogens with zero attached hydrogens (tertiary/aromatic N) is 3. The van der Waals surface area contributed by atoms with Crippen LogP contribution in [-0.4, -0.2) is 65.3 Å². The Bertz CT molecular complexity index is 844. The Balaban J connectivity index is 1.33. The quantitative estimate of drug-likeness (QED) is 0.755. The van der Waals surface area contributed by atoms with Crippen molar-refractivity contribution >= 4 is 11.8 Å². The highest BCUT2D eigenvalue weighted by atomic mass is 16.3. The third kappa shape index (κ3) is 5.07. The van der Waals surface area contributed by atoms with Gasteiger partial charge in [0.2, 0.25) is 5.91 Å². The van der Waals surface area contributed by atoms with E-state index in [1.54, 1.807) is 0 Å². The maximum atomic E-state index is 13.0. The van der Waals surface area contributed by atoms with E-state index in [2.05, 4.69) is 4.90 Å². The average molecular weight is 396 g/mol. The monoisotopic (exact) mass is 395 g/mol.